The molecule has 0 aromatic heterocycles. The molecule has 4 fully saturated rings. The monoisotopic (exact) mass is 341 g/mol. The van der Waals surface area contributed by atoms with Gasteiger partial charge in [-0.3, -0.25) is 14.7 Å². The van der Waals surface area contributed by atoms with E-state index in [1.165, 1.54) is 44.6 Å². The lowest BCUT2D eigenvalue weighted by atomic mass is 9.83. The molecule has 1 spiro atoms. The first kappa shape index (κ1) is 16.2. The molecule has 2 unspecified atom stereocenters. The van der Waals surface area contributed by atoms with Crippen LogP contribution < -0.4 is 0 Å². The van der Waals surface area contributed by atoms with Gasteiger partial charge in [0.25, 0.3) is 0 Å². The lowest BCUT2D eigenvalue weighted by molar-refractivity contribution is -0.114. The van der Waals surface area contributed by atoms with Gasteiger partial charge in [-0.05, 0) is 37.2 Å². The van der Waals surface area contributed by atoms with Crippen LogP contribution in [-0.2, 0) is 6.42 Å². The average molecular weight is 341 g/mol. The van der Waals surface area contributed by atoms with E-state index >= 15 is 0 Å². The highest BCUT2D eigenvalue weighted by Gasteiger charge is 2.56. The SMILES string of the molecule is OC1CC2CN(CCc3ccccc3)CC3(CN(CC4CC4)C3)N2C1. The van der Waals surface area contributed by atoms with Crippen LogP contribution in [0.2, 0.25) is 0 Å². The van der Waals surface area contributed by atoms with Crippen molar-refractivity contribution in [1.29, 1.82) is 0 Å². The number of piperazine rings is 1. The maximum absolute atomic E-state index is 10.3. The lowest BCUT2D eigenvalue weighted by Crippen LogP contribution is -2.78. The maximum atomic E-state index is 10.3. The summed E-state index contributed by atoms with van der Waals surface area (Å²) in [4.78, 5) is 8.03. The van der Waals surface area contributed by atoms with Crippen LogP contribution in [0.25, 0.3) is 0 Å². The van der Waals surface area contributed by atoms with Crippen molar-refractivity contribution in [3.63, 3.8) is 0 Å². The third-order valence-corrected chi connectivity index (χ3v) is 6.80. The van der Waals surface area contributed by atoms with Crippen molar-refractivity contribution in [2.75, 3.05) is 45.8 Å². The van der Waals surface area contributed by atoms with Gasteiger partial charge in [-0.15, -0.1) is 0 Å². The van der Waals surface area contributed by atoms with Gasteiger partial charge in [-0.25, -0.2) is 0 Å². The number of likely N-dealkylation sites (tertiary alicyclic amines) is 1. The molecule has 3 aliphatic heterocycles. The number of aliphatic hydroxyl groups excluding tert-OH is 1. The zero-order valence-electron chi connectivity index (χ0n) is 15.2. The molecule has 0 bridgehead atoms. The Labute approximate surface area is 151 Å². The van der Waals surface area contributed by atoms with Crippen molar-refractivity contribution in [3.05, 3.63) is 35.9 Å². The summed E-state index contributed by atoms with van der Waals surface area (Å²) in [7, 11) is 0. The summed E-state index contributed by atoms with van der Waals surface area (Å²) >= 11 is 0. The molecule has 4 nitrogen and oxygen atoms in total. The Morgan fingerprint density at radius 3 is 2.52 bits per heavy atom. The predicted octanol–water partition coefficient (Wildman–Crippen LogP) is 1.44. The number of hydrogen-bond donors (Lipinski definition) is 1. The Balaban J connectivity index is 1.25. The van der Waals surface area contributed by atoms with E-state index in [9.17, 15) is 5.11 Å². The van der Waals surface area contributed by atoms with Crippen LogP contribution in [0.4, 0.5) is 0 Å². The highest BCUT2D eigenvalue weighted by atomic mass is 16.3. The van der Waals surface area contributed by atoms with Crippen molar-refractivity contribution < 1.29 is 5.11 Å². The van der Waals surface area contributed by atoms with Gasteiger partial charge in [0.05, 0.1) is 11.6 Å². The molecule has 4 aliphatic rings. The molecule has 2 atom stereocenters. The molecule has 25 heavy (non-hydrogen) atoms. The highest BCUT2D eigenvalue weighted by Crippen LogP contribution is 2.41. The van der Waals surface area contributed by atoms with Gasteiger partial charge < -0.3 is 5.11 Å². The number of aliphatic hydroxyl groups is 1. The molecule has 0 amide bonds. The average Bonchev–Trinajstić information content (AvgIpc) is 3.31. The normalized spacial score (nSPS) is 32.7. The molecule has 4 heteroatoms. The van der Waals surface area contributed by atoms with Gasteiger partial charge in [-0.2, -0.15) is 0 Å². The molecule has 0 radical (unpaired) electrons. The van der Waals surface area contributed by atoms with Gasteiger partial charge in [0, 0.05) is 51.9 Å². The summed E-state index contributed by atoms with van der Waals surface area (Å²) in [5.74, 6) is 0.982. The molecule has 1 aliphatic carbocycles. The third kappa shape index (κ3) is 3.25. The third-order valence-electron chi connectivity index (χ3n) is 6.80. The molecule has 136 valence electrons. The Hall–Kier alpha value is -0.940. The van der Waals surface area contributed by atoms with Crippen molar-refractivity contribution in [1.82, 2.24) is 14.7 Å². The number of fused-ring (bicyclic) bond motifs is 2. The van der Waals surface area contributed by atoms with E-state index in [1.54, 1.807) is 0 Å². The Morgan fingerprint density at radius 1 is 1.00 bits per heavy atom. The van der Waals surface area contributed by atoms with E-state index in [-0.39, 0.29) is 6.10 Å². The van der Waals surface area contributed by atoms with E-state index in [2.05, 4.69) is 45.0 Å². The van der Waals surface area contributed by atoms with Crippen molar-refractivity contribution >= 4 is 0 Å². The number of β-amino-alcohol motifs (C(OH)–C–C–N with tert-alkyl or cyclic N) is 1. The number of nitrogens with zero attached hydrogens (tertiary/aromatic N) is 3. The second kappa shape index (κ2) is 6.34. The van der Waals surface area contributed by atoms with E-state index in [4.69, 9.17) is 0 Å². The fourth-order valence-corrected chi connectivity index (χ4v) is 5.48. The second-order valence-corrected chi connectivity index (χ2v) is 9.00. The molecule has 1 aromatic rings. The number of rotatable bonds is 5. The summed E-state index contributed by atoms with van der Waals surface area (Å²) in [6.45, 7) is 8.11. The van der Waals surface area contributed by atoms with Crippen molar-refractivity contribution in [2.24, 2.45) is 5.92 Å². The fourth-order valence-electron chi connectivity index (χ4n) is 5.48. The molecular weight excluding hydrogens is 310 g/mol. The molecule has 1 N–H and O–H groups in total. The first-order valence-electron chi connectivity index (χ1n) is 10.1. The summed E-state index contributed by atoms with van der Waals surface area (Å²) in [6.07, 6.45) is 4.87. The van der Waals surface area contributed by atoms with E-state index in [0.29, 0.717) is 11.6 Å². The highest BCUT2D eigenvalue weighted by molar-refractivity contribution is 5.16. The molecular formula is C21H31N3O. The lowest BCUT2D eigenvalue weighted by Gasteiger charge is -2.61. The summed E-state index contributed by atoms with van der Waals surface area (Å²) in [6, 6.07) is 11.4. The molecule has 1 saturated carbocycles. The number of benzene rings is 1. The Morgan fingerprint density at radius 2 is 1.76 bits per heavy atom. The van der Waals surface area contributed by atoms with E-state index in [1.807, 2.05) is 0 Å². The van der Waals surface area contributed by atoms with Gasteiger partial charge in [-0.1, -0.05) is 30.3 Å². The van der Waals surface area contributed by atoms with Crippen LogP contribution >= 0.6 is 0 Å². The topological polar surface area (TPSA) is 30.0 Å². The largest absolute Gasteiger partial charge is 0.392 e. The van der Waals surface area contributed by atoms with E-state index in [0.717, 1.165) is 38.4 Å². The summed E-state index contributed by atoms with van der Waals surface area (Å²) in [5.41, 5.74) is 1.75. The minimum absolute atomic E-state index is 0.117. The van der Waals surface area contributed by atoms with Crippen molar-refractivity contribution in [2.45, 2.75) is 43.4 Å². The van der Waals surface area contributed by atoms with Gasteiger partial charge in [0.15, 0.2) is 0 Å². The smallest absolute Gasteiger partial charge is 0.0682 e. The van der Waals surface area contributed by atoms with Crippen LogP contribution in [0.15, 0.2) is 30.3 Å². The second-order valence-electron chi connectivity index (χ2n) is 9.00. The Kier molecular flexibility index (Phi) is 4.12. The van der Waals surface area contributed by atoms with Gasteiger partial charge >= 0.3 is 0 Å². The van der Waals surface area contributed by atoms with Crippen LogP contribution in [0, 0.1) is 5.92 Å². The molecule has 3 saturated heterocycles. The van der Waals surface area contributed by atoms with Gasteiger partial charge in [0.1, 0.15) is 0 Å². The fraction of sp³-hybridized carbons (Fsp3) is 0.714. The summed E-state index contributed by atoms with van der Waals surface area (Å²) < 4.78 is 0. The van der Waals surface area contributed by atoms with E-state index < -0.39 is 0 Å². The standard InChI is InChI=1S/C21H31N3O/c25-20-10-19-12-22(9-8-17-4-2-1-3-5-17)14-21(24(19)13-20)15-23(16-21)11-18-6-7-18/h1-5,18-20,25H,6-16H2. The van der Waals surface area contributed by atoms with Crippen molar-refractivity contribution in [3.8, 4) is 0 Å². The first-order chi connectivity index (χ1) is 12.2. The molecule has 5 rings (SSSR count). The predicted molar refractivity (Wildman–Crippen MR) is 99.6 cm³/mol. The first-order valence-corrected chi connectivity index (χ1v) is 10.1. The van der Waals surface area contributed by atoms with Crippen LogP contribution in [0.1, 0.15) is 24.8 Å². The zero-order chi connectivity index (χ0) is 16.9. The zero-order valence-corrected chi connectivity index (χ0v) is 15.2. The van der Waals surface area contributed by atoms with Crippen LogP contribution in [-0.4, -0.2) is 83.3 Å². The van der Waals surface area contributed by atoms with Gasteiger partial charge in [0.2, 0.25) is 0 Å². The van der Waals surface area contributed by atoms with Crippen LogP contribution in [0.5, 0.6) is 0 Å². The Bertz CT molecular complexity index is 596. The molecule has 3 heterocycles. The number of hydrogen-bond acceptors (Lipinski definition) is 4. The minimum Gasteiger partial charge on any atom is -0.392 e. The molecule has 1 aromatic carbocycles. The minimum atomic E-state index is -0.117. The quantitative estimate of drug-likeness (QED) is 0.878. The van der Waals surface area contributed by atoms with Crippen LogP contribution in [0.3, 0.4) is 0 Å². The summed E-state index contributed by atoms with van der Waals surface area (Å²) in [5, 5.41) is 10.3. The maximum Gasteiger partial charge on any atom is 0.0682 e.